The molecule has 1 aliphatic heterocycles. The second-order valence-corrected chi connectivity index (χ2v) is 5.56. The molecule has 2 N–H and O–H groups in total. The third-order valence-corrected chi connectivity index (χ3v) is 4.13. The van der Waals surface area contributed by atoms with Gasteiger partial charge in [0.05, 0.1) is 11.3 Å². The number of carbonyl (C=O) groups is 2. The summed E-state index contributed by atoms with van der Waals surface area (Å²) in [6.45, 7) is 0. The molecule has 6 heteroatoms. The highest BCUT2D eigenvalue weighted by molar-refractivity contribution is 7.11. The van der Waals surface area contributed by atoms with Crippen LogP contribution in [0.25, 0.3) is 5.57 Å². The van der Waals surface area contributed by atoms with Gasteiger partial charge < -0.3 is 10.4 Å². The molecule has 1 aliphatic rings. The van der Waals surface area contributed by atoms with E-state index >= 15 is 0 Å². The van der Waals surface area contributed by atoms with Crippen LogP contribution in [0.3, 0.4) is 0 Å². The maximum absolute atomic E-state index is 12.1. The Bertz CT molecular complexity index is 764. The van der Waals surface area contributed by atoms with Crippen LogP contribution in [-0.4, -0.2) is 17.0 Å². The molecule has 1 aromatic carbocycles. The molecule has 0 spiro atoms. The van der Waals surface area contributed by atoms with Crippen LogP contribution in [-0.2, 0) is 4.79 Å². The van der Waals surface area contributed by atoms with Crippen molar-refractivity contribution in [3.8, 4) is 0 Å². The maximum atomic E-state index is 12.1. The van der Waals surface area contributed by atoms with Crippen molar-refractivity contribution in [2.75, 3.05) is 5.32 Å². The second kappa shape index (κ2) is 4.77. The first-order valence-corrected chi connectivity index (χ1v) is 6.96. The van der Waals surface area contributed by atoms with Gasteiger partial charge in [0.2, 0.25) is 0 Å². The highest BCUT2D eigenvalue weighted by Crippen LogP contribution is 2.38. The Hall–Kier alpha value is -2.11. The molecule has 100 valence electrons. The molecule has 0 atom stereocenters. The van der Waals surface area contributed by atoms with E-state index in [0.29, 0.717) is 32.3 Å². The third kappa shape index (κ3) is 2.11. The molecule has 0 bridgehead atoms. The van der Waals surface area contributed by atoms with E-state index in [0.717, 1.165) is 6.08 Å². The summed E-state index contributed by atoms with van der Waals surface area (Å²) in [6, 6.07) is 6.67. The summed E-state index contributed by atoms with van der Waals surface area (Å²) in [5, 5.41) is 14.1. The predicted molar refractivity (Wildman–Crippen MR) is 78.4 cm³/mol. The molecular formula is C14H8ClNO3S. The van der Waals surface area contributed by atoms with Gasteiger partial charge in [-0.1, -0.05) is 17.7 Å². The Balaban J connectivity index is 2.32. The Morgan fingerprint density at radius 2 is 2.10 bits per heavy atom. The number of halogens is 1. The van der Waals surface area contributed by atoms with Gasteiger partial charge in [0.25, 0.3) is 5.91 Å². The maximum Gasteiger partial charge on any atom is 0.328 e. The van der Waals surface area contributed by atoms with Crippen molar-refractivity contribution in [1.29, 1.82) is 0 Å². The Morgan fingerprint density at radius 1 is 1.30 bits per heavy atom. The van der Waals surface area contributed by atoms with Gasteiger partial charge in [0.1, 0.15) is 0 Å². The van der Waals surface area contributed by atoms with Crippen LogP contribution in [0, 0.1) is 0 Å². The van der Waals surface area contributed by atoms with Gasteiger partial charge in [-0.05, 0) is 23.6 Å². The van der Waals surface area contributed by atoms with Crippen molar-refractivity contribution in [2.45, 2.75) is 0 Å². The fourth-order valence-electron chi connectivity index (χ4n) is 2.13. The second-order valence-electron chi connectivity index (χ2n) is 4.20. The topological polar surface area (TPSA) is 66.4 Å². The molecule has 0 radical (unpaired) electrons. The Morgan fingerprint density at radius 3 is 2.85 bits per heavy atom. The number of fused-ring (bicyclic) bond motifs is 2. The molecule has 0 fully saturated rings. The number of nitrogens with one attached hydrogen (secondary N) is 1. The first kappa shape index (κ1) is 12.9. The molecule has 1 aromatic heterocycles. The van der Waals surface area contributed by atoms with Gasteiger partial charge in [-0.3, -0.25) is 4.79 Å². The summed E-state index contributed by atoms with van der Waals surface area (Å²) in [4.78, 5) is 23.9. The lowest BCUT2D eigenvalue weighted by atomic mass is 10.0. The van der Waals surface area contributed by atoms with Crippen molar-refractivity contribution in [3.05, 3.63) is 56.7 Å². The minimum atomic E-state index is -1.06. The van der Waals surface area contributed by atoms with Crippen molar-refractivity contribution in [1.82, 2.24) is 0 Å². The zero-order valence-electron chi connectivity index (χ0n) is 10.0. The lowest BCUT2D eigenvalue weighted by Crippen LogP contribution is -2.10. The van der Waals surface area contributed by atoms with Crippen LogP contribution in [0.2, 0.25) is 5.02 Å². The van der Waals surface area contributed by atoms with Crippen molar-refractivity contribution < 1.29 is 14.7 Å². The number of hydrogen-bond acceptors (Lipinski definition) is 3. The third-order valence-electron chi connectivity index (χ3n) is 2.94. The number of carboxylic acid groups (broad SMARTS) is 1. The van der Waals surface area contributed by atoms with E-state index in [-0.39, 0.29) is 5.91 Å². The average molecular weight is 306 g/mol. The summed E-state index contributed by atoms with van der Waals surface area (Å²) in [5.74, 6) is -1.33. The van der Waals surface area contributed by atoms with E-state index in [1.807, 2.05) is 0 Å². The highest BCUT2D eigenvalue weighted by Gasteiger charge is 2.25. The summed E-state index contributed by atoms with van der Waals surface area (Å²) >= 11 is 7.27. The van der Waals surface area contributed by atoms with E-state index in [1.165, 1.54) is 11.3 Å². The Kier molecular flexibility index (Phi) is 3.08. The fourth-order valence-corrected chi connectivity index (χ4v) is 3.23. The SMILES string of the molecule is O=C(O)/C=C1/c2ccc(Cl)cc2NC(=O)c2ccsc21. The molecule has 0 saturated heterocycles. The summed E-state index contributed by atoms with van der Waals surface area (Å²) in [5.41, 5.74) is 2.13. The quantitative estimate of drug-likeness (QED) is 0.793. The standard InChI is InChI=1S/C14H8ClNO3S/c15-7-1-2-8-10(6-12(17)18)13-9(3-4-20-13)14(19)16-11(8)5-7/h1-6H,(H,16,19)(H,17,18)/b10-6-. The van der Waals surface area contributed by atoms with Crippen molar-refractivity contribution >= 4 is 46.1 Å². The summed E-state index contributed by atoms with van der Waals surface area (Å²) in [7, 11) is 0. The molecular weight excluding hydrogens is 298 g/mol. The number of anilines is 1. The monoisotopic (exact) mass is 305 g/mol. The minimum absolute atomic E-state index is 0.265. The van der Waals surface area contributed by atoms with Gasteiger partial charge in [-0.25, -0.2) is 4.79 Å². The van der Waals surface area contributed by atoms with E-state index in [4.69, 9.17) is 16.7 Å². The molecule has 1 amide bonds. The molecule has 0 aliphatic carbocycles. The van der Waals surface area contributed by atoms with Crippen LogP contribution < -0.4 is 5.32 Å². The number of rotatable bonds is 1. The first-order valence-electron chi connectivity index (χ1n) is 5.70. The predicted octanol–water partition coefficient (Wildman–Crippen LogP) is 3.48. The van der Waals surface area contributed by atoms with Gasteiger partial charge in [0.15, 0.2) is 0 Å². The molecule has 2 heterocycles. The van der Waals surface area contributed by atoms with Crippen LogP contribution >= 0.6 is 22.9 Å². The zero-order valence-corrected chi connectivity index (χ0v) is 11.6. The van der Waals surface area contributed by atoms with Crippen LogP contribution in [0.5, 0.6) is 0 Å². The van der Waals surface area contributed by atoms with Gasteiger partial charge in [-0.2, -0.15) is 0 Å². The average Bonchev–Trinajstić information content (AvgIpc) is 2.82. The largest absolute Gasteiger partial charge is 0.478 e. The number of aliphatic carboxylic acids is 1. The summed E-state index contributed by atoms with van der Waals surface area (Å²) < 4.78 is 0. The fraction of sp³-hybridized carbons (Fsp3) is 0. The normalized spacial score (nSPS) is 15.2. The zero-order chi connectivity index (χ0) is 14.3. The Labute approximate surface area is 123 Å². The molecule has 0 saturated carbocycles. The van der Waals surface area contributed by atoms with Gasteiger partial charge in [-0.15, -0.1) is 11.3 Å². The van der Waals surface area contributed by atoms with E-state index in [9.17, 15) is 9.59 Å². The number of thiophene rings is 1. The van der Waals surface area contributed by atoms with Crippen LogP contribution in [0.15, 0.2) is 35.7 Å². The first-order chi connectivity index (χ1) is 9.56. The number of carbonyl (C=O) groups excluding carboxylic acids is 1. The number of carboxylic acids is 1. The van der Waals surface area contributed by atoms with Crippen LogP contribution in [0.4, 0.5) is 5.69 Å². The molecule has 2 aromatic rings. The van der Waals surface area contributed by atoms with E-state index in [1.54, 1.807) is 29.6 Å². The lowest BCUT2D eigenvalue weighted by molar-refractivity contribution is -0.131. The van der Waals surface area contributed by atoms with E-state index in [2.05, 4.69) is 5.32 Å². The smallest absolute Gasteiger partial charge is 0.328 e. The molecule has 0 unspecified atom stereocenters. The van der Waals surface area contributed by atoms with Gasteiger partial charge >= 0.3 is 5.97 Å². The highest BCUT2D eigenvalue weighted by atomic mass is 35.5. The molecule has 4 nitrogen and oxygen atoms in total. The van der Waals surface area contributed by atoms with E-state index < -0.39 is 5.97 Å². The lowest BCUT2D eigenvalue weighted by Gasteiger charge is -2.09. The molecule has 20 heavy (non-hydrogen) atoms. The minimum Gasteiger partial charge on any atom is -0.478 e. The molecule has 3 rings (SSSR count). The summed E-state index contributed by atoms with van der Waals surface area (Å²) in [6.07, 6.45) is 1.11. The number of amides is 1. The number of benzene rings is 1. The van der Waals surface area contributed by atoms with Crippen LogP contribution in [0.1, 0.15) is 20.8 Å². The van der Waals surface area contributed by atoms with Crippen molar-refractivity contribution in [2.24, 2.45) is 0 Å². The van der Waals surface area contributed by atoms with Gasteiger partial charge in [0, 0.05) is 27.1 Å². The number of hydrogen-bond donors (Lipinski definition) is 2. The van der Waals surface area contributed by atoms with Crippen molar-refractivity contribution in [3.63, 3.8) is 0 Å².